The summed E-state index contributed by atoms with van der Waals surface area (Å²) in [5.74, 6) is 2.22. The molecule has 0 spiro atoms. The smallest absolute Gasteiger partial charge is 0.179 e. The standard InChI is InChI=1S/C11H18N4O/c1-16-10-7-13-8-15-11(10)14-6-9-2-4-12-5-3-9/h7-9,12H,2-6H2,1H3,(H,13,14,15). The Morgan fingerprint density at radius 3 is 3.06 bits per heavy atom. The van der Waals surface area contributed by atoms with Crippen LogP contribution >= 0.6 is 0 Å². The zero-order valence-electron chi connectivity index (χ0n) is 9.57. The first kappa shape index (κ1) is 11.1. The van der Waals surface area contributed by atoms with Crippen molar-refractivity contribution in [1.82, 2.24) is 15.3 Å². The van der Waals surface area contributed by atoms with Gasteiger partial charge in [-0.2, -0.15) is 0 Å². The molecule has 0 radical (unpaired) electrons. The van der Waals surface area contributed by atoms with Crippen LogP contribution in [0.3, 0.4) is 0 Å². The Morgan fingerprint density at radius 2 is 2.31 bits per heavy atom. The maximum atomic E-state index is 5.19. The first-order valence-electron chi connectivity index (χ1n) is 5.68. The number of nitrogens with one attached hydrogen (secondary N) is 2. The number of nitrogens with zero attached hydrogens (tertiary/aromatic N) is 2. The highest BCUT2D eigenvalue weighted by molar-refractivity contribution is 5.47. The predicted molar refractivity (Wildman–Crippen MR) is 62.7 cm³/mol. The van der Waals surface area contributed by atoms with Gasteiger partial charge in [-0.25, -0.2) is 9.97 Å². The number of anilines is 1. The summed E-state index contributed by atoms with van der Waals surface area (Å²) in [6.07, 6.45) is 5.66. The minimum absolute atomic E-state index is 0.705. The van der Waals surface area contributed by atoms with Crippen LogP contribution in [0.2, 0.25) is 0 Å². The molecule has 0 saturated carbocycles. The molecule has 1 aromatic heterocycles. The highest BCUT2D eigenvalue weighted by Crippen LogP contribution is 2.20. The number of aromatic nitrogens is 2. The SMILES string of the molecule is COc1cncnc1NCC1CCNCC1. The Morgan fingerprint density at radius 1 is 1.50 bits per heavy atom. The van der Waals surface area contributed by atoms with E-state index in [9.17, 15) is 0 Å². The minimum Gasteiger partial charge on any atom is -0.491 e. The molecule has 0 aromatic carbocycles. The summed E-state index contributed by atoms with van der Waals surface area (Å²) in [7, 11) is 1.63. The van der Waals surface area contributed by atoms with Gasteiger partial charge in [-0.3, -0.25) is 0 Å². The number of piperidine rings is 1. The van der Waals surface area contributed by atoms with E-state index < -0.39 is 0 Å². The Bertz CT molecular complexity index is 326. The molecule has 1 fully saturated rings. The fourth-order valence-corrected chi connectivity index (χ4v) is 1.93. The van der Waals surface area contributed by atoms with Crippen LogP contribution in [0, 0.1) is 5.92 Å². The van der Waals surface area contributed by atoms with Crippen LogP contribution in [0.4, 0.5) is 5.82 Å². The van der Waals surface area contributed by atoms with Crippen molar-refractivity contribution in [2.45, 2.75) is 12.8 Å². The van der Waals surface area contributed by atoms with Gasteiger partial charge in [-0.1, -0.05) is 0 Å². The molecule has 2 heterocycles. The van der Waals surface area contributed by atoms with Crippen LogP contribution in [-0.4, -0.2) is 36.7 Å². The molecule has 0 aliphatic carbocycles. The molecule has 0 atom stereocenters. The summed E-state index contributed by atoms with van der Waals surface area (Å²) in [6.45, 7) is 3.19. The number of hydrogen-bond acceptors (Lipinski definition) is 5. The van der Waals surface area contributed by atoms with Gasteiger partial charge < -0.3 is 15.4 Å². The van der Waals surface area contributed by atoms with E-state index >= 15 is 0 Å². The van der Waals surface area contributed by atoms with Crippen LogP contribution in [0.5, 0.6) is 5.75 Å². The van der Waals surface area contributed by atoms with Gasteiger partial charge in [0.05, 0.1) is 13.3 Å². The number of ether oxygens (including phenoxy) is 1. The van der Waals surface area contributed by atoms with Crippen LogP contribution in [0.15, 0.2) is 12.5 Å². The lowest BCUT2D eigenvalue weighted by molar-refractivity contribution is 0.387. The van der Waals surface area contributed by atoms with Crippen molar-refractivity contribution in [3.05, 3.63) is 12.5 Å². The highest BCUT2D eigenvalue weighted by atomic mass is 16.5. The maximum Gasteiger partial charge on any atom is 0.179 e. The summed E-state index contributed by atoms with van der Waals surface area (Å²) in [6, 6.07) is 0. The van der Waals surface area contributed by atoms with Gasteiger partial charge in [0.25, 0.3) is 0 Å². The Labute approximate surface area is 95.6 Å². The Balaban J connectivity index is 1.88. The monoisotopic (exact) mass is 222 g/mol. The first-order chi connectivity index (χ1) is 7.90. The van der Waals surface area contributed by atoms with E-state index in [1.54, 1.807) is 13.3 Å². The third-order valence-corrected chi connectivity index (χ3v) is 2.92. The lowest BCUT2D eigenvalue weighted by atomic mass is 9.98. The van der Waals surface area contributed by atoms with E-state index in [0.717, 1.165) is 31.4 Å². The summed E-state index contributed by atoms with van der Waals surface area (Å²) >= 11 is 0. The molecule has 5 nitrogen and oxygen atoms in total. The largest absolute Gasteiger partial charge is 0.491 e. The van der Waals surface area contributed by atoms with E-state index in [4.69, 9.17) is 4.74 Å². The molecule has 2 rings (SSSR count). The summed E-state index contributed by atoms with van der Waals surface area (Å²) in [4.78, 5) is 8.10. The Hall–Kier alpha value is -1.36. The zero-order valence-corrected chi connectivity index (χ0v) is 9.57. The topological polar surface area (TPSA) is 59.1 Å². The fourth-order valence-electron chi connectivity index (χ4n) is 1.93. The quantitative estimate of drug-likeness (QED) is 0.792. The highest BCUT2D eigenvalue weighted by Gasteiger charge is 2.13. The molecule has 2 N–H and O–H groups in total. The summed E-state index contributed by atoms with van der Waals surface area (Å²) in [5.41, 5.74) is 0. The van der Waals surface area contributed by atoms with Crippen LogP contribution in [0.1, 0.15) is 12.8 Å². The molecule has 1 aromatic rings. The van der Waals surface area contributed by atoms with Gasteiger partial charge in [0, 0.05) is 6.54 Å². The molecule has 5 heteroatoms. The van der Waals surface area contributed by atoms with E-state index in [1.165, 1.54) is 19.2 Å². The number of rotatable bonds is 4. The van der Waals surface area contributed by atoms with E-state index in [0.29, 0.717) is 5.75 Å². The average molecular weight is 222 g/mol. The molecule has 0 bridgehead atoms. The fraction of sp³-hybridized carbons (Fsp3) is 0.636. The molecular formula is C11H18N4O. The molecule has 0 amide bonds. The summed E-state index contributed by atoms with van der Waals surface area (Å²) < 4.78 is 5.19. The van der Waals surface area contributed by atoms with E-state index in [2.05, 4.69) is 20.6 Å². The minimum atomic E-state index is 0.705. The van der Waals surface area contributed by atoms with Crippen LogP contribution in [0.25, 0.3) is 0 Å². The van der Waals surface area contributed by atoms with Gasteiger partial charge in [-0.05, 0) is 31.8 Å². The number of methoxy groups -OCH3 is 1. The first-order valence-corrected chi connectivity index (χ1v) is 5.68. The van der Waals surface area contributed by atoms with Gasteiger partial charge in [0.1, 0.15) is 6.33 Å². The normalized spacial score (nSPS) is 17.1. The van der Waals surface area contributed by atoms with Crippen molar-refractivity contribution in [2.75, 3.05) is 32.1 Å². The van der Waals surface area contributed by atoms with E-state index in [-0.39, 0.29) is 0 Å². The van der Waals surface area contributed by atoms with Crippen molar-refractivity contribution in [3.8, 4) is 5.75 Å². The molecule has 0 unspecified atom stereocenters. The van der Waals surface area contributed by atoms with Crippen molar-refractivity contribution in [2.24, 2.45) is 5.92 Å². The van der Waals surface area contributed by atoms with Crippen molar-refractivity contribution < 1.29 is 4.74 Å². The second-order valence-electron chi connectivity index (χ2n) is 4.01. The van der Waals surface area contributed by atoms with Gasteiger partial charge in [0.15, 0.2) is 11.6 Å². The second-order valence-corrected chi connectivity index (χ2v) is 4.01. The molecule has 1 aliphatic heterocycles. The van der Waals surface area contributed by atoms with Gasteiger partial charge in [-0.15, -0.1) is 0 Å². The average Bonchev–Trinajstić information content (AvgIpc) is 2.38. The third-order valence-electron chi connectivity index (χ3n) is 2.92. The summed E-state index contributed by atoms with van der Waals surface area (Å²) in [5, 5.41) is 6.69. The molecule has 1 aliphatic rings. The van der Waals surface area contributed by atoms with Crippen LogP contribution < -0.4 is 15.4 Å². The second kappa shape index (κ2) is 5.65. The molecular weight excluding hydrogens is 204 g/mol. The molecule has 1 saturated heterocycles. The Kier molecular flexibility index (Phi) is 3.93. The number of hydrogen-bond donors (Lipinski definition) is 2. The van der Waals surface area contributed by atoms with Gasteiger partial charge >= 0.3 is 0 Å². The maximum absolute atomic E-state index is 5.19. The molecule has 16 heavy (non-hydrogen) atoms. The van der Waals surface area contributed by atoms with Crippen molar-refractivity contribution >= 4 is 5.82 Å². The zero-order chi connectivity index (χ0) is 11.2. The van der Waals surface area contributed by atoms with Crippen molar-refractivity contribution in [3.63, 3.8) is 0 Å². The third kappa shape index (κ3) is 2.82. The lowest BCUT2D eigenvalue weighted by Crippen LogP contribution is -2.31. The lowest BCUT2D eigenvalue weighted by Gasteiger charge is -2.23. The molecule has 88 valence electrons. The van der Waals surface area contributed by atoms with E-state index in [1.807, 2.05) is 0 Å². The predicted octanol–water partition coefficient (Wildman–Crippen LogP) is 0.897. The van der Waals surface area contributed by atoms with Gasteiger partial charge in [0.2, 0.25) is 0 Å². The van der Waals surface area contributed by atoms with Crippen LogP contribution in [-0.2, 0) is 0 Å². The van der Waals surface area contributed by atoms with Crippen molar-refractivity contribution in [1.29, 1.82) is 0 Å².